The molecule has 1 heterocycles. The van der Waals surface area contributed by atoms with Crippen LogP contribution in [0.4, 0.5) is 5.69 Å². The molecule has 1 aromatic rings. The van der Waals surface area contributed by atoms with Crippen LogP contribution >= 0.6 is 15.9 Å². The molecule has 4 heteroatoms. The molecular weight excluding hydrogens is 270 g/mol. The van der Waals surface area contributed by atoms with Crippen molar-refractivity contribution in [1.82, 2.24) is 0 Å². The monoisotopic (exact) mass is 283 g/mol. The summed E-state index contributed by atoms with van der Waals surface area (Å²) in [5.74, 6) is 0.736. The minimum atomic E-state index is -0.471. The minimum Gasteiger partial charge on any atom is -0.485 e. The first-order valence-electron chi connectivity index (χ1n) is 5.17. The number of fused-ring (bicyclic) bond motifs is 1. The van der Waals surface area contributed by atoms with Crippen molar-refractivity contribution < 1.29 is 9.53 Å². The molecule has 0 aromatic heterocycles. The van der Waals surface area contributed by atoms with E-state index in [-0.39, 0.29) is 5.91 Å². The van der Waals surface area contributed by atoms with E-state index in [1.807, 2.05) is 32.9 Å². The number of aryl methyl sites for hydroxylation is 1. The second kappa shape index (κ2) is 3.77. The van der Waals surface area contributed by atoms with Gasteiger partial charge in [0.05, 0.1) is 12.1 Å². The van der Waals surface area contributed by atoms with Crippen molar-refractivity contribution in [2.24, 2.45) is 0 Å². The summed E-state index contributed by atoms with van der Waals surface area (Å²) >= 11 is 3.42. The van der Waals surface area contributed by atoms with Crippen molar-refractivity contribution in [2.75, 3.05) is 5.32 Å². The van der Waals surface area contributed by atoms with Crippen LogP contribution in [0.15, 0.2) is 16.6 Å². The maximum absolute atomic E-state index is 11.7. The van der Waals surface area contributed by atoms with Crippen LogP contribution in [0.5, 0.6) is 5.75 Å². The molecule has 0 aliphatic carbocycles. The number of anilines is 1. The first-order chi connectivity index (χ1) is 7.39. The second-order valence-corrected chi connectivity index (χ2v) is 5.51. The average Bonchev–Trinajstić information content (AvgIpc) is 2.27. The summed E-state index contributed by atoms with van der Waals surface area (Å²) in [6, 6.07) is 3.88. The third kappa shape index (κ3) is 2.07. The number of carbonyl (C=O) groups is 1. The molecule has 86 valence electrons. The molecule has 0 atom stereocenters. The van der Waals surface area contributed by atoms with Gasteiger partial charge in [-0.3, -0.25) is 4.79 Å². The topological polar surface area (TPSA) is 38.3 Å². The Labute approximate surface area is 103 Å². The molecule has 0 saturated carbocycles. The highest BCUT2D eigenvalue weighted by molar-refractivity contribution is 9.10. The van der Waals surface area contributed by atoms with Gasteiger partial charge in [-0.1, -0.05) is 6.07 Å². The van der Waals surface area contributed by atoms with Gasteiger partial charge >= 0.3 is 0 Å². The molecule has 1 amide bonds. The number of hydrogen-bond donors (Lipinski definition) is 1. The van der Waals surface area contributed by atoms with Crippen molar-refractivity contribution in [3.8, 4) is 5.75 Å². The van der Waals surface area contributed by atoms with E-state index in [0.717, 1.165) is 21.5 Å². The molecule has 3 nitrogen and oxygen atoms in total. The first kappa shape index (κ1) is 11.5. The predicted molar refractivity (Wildman–Crippen MR) is 66.8 cm³/mol. The van der Waals surface area contributed by atoms with E-state index in [9.17, 15) is 4.79 Å². The summed E-state index contributed by atoms with van der Waals surface area (Å²) in [6.45, 7) is 5.81. The van der Waals surface area contributed by atoms with Crippen LogP contribution in [-0.2, 0) is 4.79 Å². The quantitative estimate of drug-likeness (QED) is 0.794. The van der Waals surface area contributed by atoms with Gasteiger partial charge in [-0.05, 0) is 48.3 Å². The van der Waals surface area contributed by atoms with E-state index >= 15 is 0 Å². The van der Waals surface area contributed by atoms with Crippen LogP contribution in [0.3, 0.4) is 0 Å². The van der Waals surface area contributed by atoms with Gasteiger partial charge in [-0.25, -0.2) is 0 Å². The van der Waals surface area contributed by atoms with Crippen molar-refractivity contribution >= 4 is 27.5 Å². The summed E-state index contributed by atoms with van der Waals surface area (Å²) in [5.41, 5.74) is 1.28. The molecule has 0 saturated heterocycles. The maximum Gasteiger partial charge on any atom is 0.228 e. The Morgan fingerprint density at radius 2 is 2.12 bits per heavy atom. The zero-order valence-corrected chi connectivity index (χ0v) is 11.1. The Balaban J connectivity index is 2.58. The molecule has 1 aromatic carbocycles. The summed E-state index contributed by atoms with van der Waals surface area (Å²) < 4.78 is 6.76. The van der Waals surface area contributed by atoms with Gasteiger partial charge in [0.2, 0.25) is 5.91 Å². The van der Waals surface area contributed by atoms with E-state index in [1.54, 1.807) is 0 Å². The highest BCUT2D eigenvalue weighted by Crippen LogP contribution is 2.40. The van der Waals surface area contributed by atoms with Crippen LogP contribution in [0, 0.1) is 6.92 Å². The van der Waals surface area contributed by atoms with E-state index in [0.29, 0.717) is 6.42 Å². The van der Waals surface area contributed by atoms with Gasteiger partial charge < -0.3 is 10.1 Å². The van der Waals surface area contributed by atoms with E-state index in [2.05, 4.69) is 21.2 Å². The fourth-order valence-electron chi connectivity index (χ4n) is 1.79. The molecule has 0 bridgehead atoms. The van der Waals surface area contributed by atoms with E-state index in [1.165, 1.54) is 0 Å². The number of ether oxygens (including phenoxy) is 1. The Morgan fingerprint density at radius 3 is 2.81 bits per heavy atom. The molecular formula is C12H14BrNO2. The lowest BCUT2D eigenvalue weighted by Crippen LogP contribution is -2.31. The number of halogens is 1. The van der Waals surface area contributed by atoms with Gasteiger partial charge in [0, 0.05) is 4.47 Å². The Morgan fingerprint density at radius 1 is 1.44 bits per heavy atom. The van der Waals surface area contributed by atoms with Gasteiger partial charge in [0.15, 0.2) is 0 Å². The Hall–Kier alpha value is -1.03. The fourth-order valence-corrected chi connectivity index (χ4v) is 2.20. The SMILES string of the molecule is Cc1ccc(Br)c2c1OC(C)(C)CC(=O)N2. The van der Waals surface area contributed by atoms with Gasteiger partial charge in [-0.2, -0.15) is 0 Å². The number of amides is 1. The van der Waals surface area contributed by atoms with Gasteiger partial charge in [-0.15, -0.1) is 0 Å². The number of nitrogens with one attached hydrogen (secondary N) is 1. The molecule has 0 fully saturated rings. The third-order valence-electron chi connectivity index (χ3n) is 2.53. The molecule has 2 rings (SSSR count). The van der Waals surface area contributed by atoms with Crippen molar-refractivity contribution in [2.45, 2.75) is 32.8 Å². The Kier molecular flexibility index (Phi) is 2.70. The number of rotatable bonds is 0. The molecule has 0 radical (unpaired) electrons. The number of carbonyl (C=O) groups excluding carboxylic acids is 1. The lowest BCUT2D eigenvalue weighted by Gasteiger charge is -2.24. The lowest BCUT2D eigenvalue weighted by molar-refractivity contribution is -0.118. The fraction of sp³-hybridized carbons (Fsp3) is 0.417. The van der Waals surface area contributed by atoms with Crippen LogP contribution in [0.25, 0.3) is 0 Å². The van der Waals surface area contributed by atoms with Gasteiger partial charge in [0.25, 0.3) is 0 Å². The zero-order chi connectivity index (χ0) is 11.9. The van der Waals surface area contributed by atoms with Crippen molar-refractivity contribution in [3.63, 3.8) is 0 Å². The van der Waals surface area contributed by atoms with Crippen LogP contribution in [0.1, 0.15) is 25.8 Å². The Bertz CT molecular complexity index is 455. The normalized spacial score (nSPS) is 18.1. The van der Waals surface area contributed by atoms with Crippen LogP contribution in [-0.4, -0.2) is 11.5 Å². The van der Waals surface area contributed by atoms with Crippen molar-refractivity contribution in [1.29, 1.82) is 0 Å². The van der Waals surface area contributed by atoms with Crippen LogP contribution in [0.2, 0.25) is 0 Å². The third-order valence-corrected chi connectivity index (χ3v) is 3.19. The average molecular weight is 284 g/mol. The summed E-state index contributed by atoms with van der Waals surface area (Å²) in [4.78, 5) is 11.7. The standard InChI is InChI=1S/C12H14BrNO2/c1-7-4-5-8(13)10-11(7)16-12(2,3)6-9(15)14-10/h4-5H,6H2,1-3H3,(H,14,15). The molecule has 1 N–H and O–H groups in total. The smallest absolute Gasteiger partial charge is 0.228 e. The molecule has 16 heavy (non-hydrogen) atoms. The second-order valence-electron chi connectivity index (χ2n) is 4.66. The predicted octanol–water partition coefficient (Wildman–Crippen LogP) is 3.26. The minimum absolute atomic E-state index is 0.0185. The van der Waals surface area contributed by atoms with Crippen LogP contribution < -0.4 is 10.1 Å². The molecule has 1 aliphatic rings. The highest BCUT2D eigenvalue weighted by Gasteiger charge is 2.30. The maximum atomic E-state index is 11.7. The number of benzene rings is 1. The summed E-state index contributed by atoms with van der Waals surface area (Å²) in [6.07, 6.45) is 0.355. The largest absolute Gasteiger partial charge is 0.485 e. The lowest BCUT2D eigenvalue weighted by atomic mass is 10.1. The zero-order valence-electron chi connectivity index (χ0n) is 9.56. The molecule has 0 spiro atoms. The highest BCUT2D eigenvalue weighted by atomic mass is 79.9. The number of hydrogen-bond acceptors (Lipinski definition) is 2. The molecule has 0 unspecified atom stereocenters. The van der Waals surface area contributed by atoms with Gasteiger partial charge in [0.1, 0.15) is 11.4 Å². The summed E-state index contributed by atoms with van der Waals surface area (Å²) in [5, 5.41) is 2.88. The first-order valence-corrected chi connectivity index (χ1v) is 5.96. The van der Waals surface area contributed by atoms with Crippen molar-refractivity contribution in [3.05, 3.63) is 22.2 Å². The van der Waals surface area contributed by atoms with E-state index in [4.69, 9.17) is 4.74 Å². The summed E-state index contributed by atoms with van der Waals surface area (Å²) in [7, 11) is 0. The molecule has 1 aliphatic heterocycles. The van der Waals surface area contributed by atoms with E-state index < -0.39 is 5.60 Å².